The van der Waals surface area contributed by atoms with E-state index in [1.165, 1.54) is 24.0 Å². The van der Waals surface area contributed by atoms with Gasteiger partial charge in [-0.25, -0.2) is 4.98 Å². The van der Waals surface area contributed by atoms with E-state index in [1.54, 1.807) is 0 Å². The van der Waals surface area contributed by atoms with E-state index < -0.39 is 0 Å². The van der Waals surface area contributed by atoms with Gasteiger partial charge in [0.15, 0.2) is 5.65 Å². The second-order valence-corrected chi connectivity index (χ2v) is 9.87. The first kappa shape index (κ1) is 23.5. The van der Waals surface area contributed by atoms with Crippen molar-refractivity contribution in [1.82, 2.24) is 34.9 Å². The molecule has 0 amide bonds. The van der Waals surface area contributed by atoms with Crippen molar-refractivity contribution in [3.05, 3.63) is 41.3 Å². The molecule has 1 saturated heterocycles. The SMILES string of the molecule is CC.Cc1ccc2nc(CN(C)c3nc(N4CC(C)NC(C)C4)nc4c(C5CC5)cnn34)[nH]c2c1. The molecule has 186 valence electrons. The Kier molecular flexibility index (Phi) is 6.35. The lowest BCUT2D eigenvalue weighted by Gasteiger charge is -2.36. The summed E-state index contributed by atoms with van der Waals surface area (Å²) < 4.78 is 1.90. The lowest BCUT2D eigenvalue weighted by atomic mass is 10.1. The van der Waals surface area contributed by atoms with Crippen LogP contribution in [0.5, 0.6) is 0 Å². The number of H-pyrrole nitrogens is 1. The Morgan fingerprint density at radius 2 is 1.80 bits per heavy atom. The van der Waals surface area contributed by atoms with Gasteiger partial charge in [0, 0.05) is 37.8 Å². The van der Waals surface area contributed by atoms with Gasteiger partial charge in [-0.05, 0) is 57.2 Å². The molecule has 9 heteroatoms. The van der Waals surface area contributed by atoms with Crippen LogP contribution < -0.4 is 15.1 Å². The zero-order chi connectivity index (χ0) is 24.7. The van der Waals surface area contributed by atoms with Crippen molar-refractivity contribution >= 4 is 28.6 Å². The third kappa shape index (κ3) is 4.69. The monoisotopic (exact) mass is 475 g/mol. The van der Waals surface area contributed by atoms with E-state index in [2.05, 4.69) is 59.1 Å². The van der Waals surface area contributed by atoms with Crippen molar-refractivity contribution < 1.29 is 0 Å². The van der Waals surface area contributed by atoms with Crippen molar-refractivity contribution in [3.8, 4) is 0 Å². The fourth-order valence-corrected chi connectivity index (χ4v) is 4.98. The van der Waals surface area contributed by atoms with Gasteiger partial charge in [0.05, 0.1) is 23.8 Å². The van der Waals surface area contributed by atoms with Gasteiger partial charge >= 0.3 is 0 Å². The minimum Gasteiger partial charge on any atom is -0.340 e. The summed E-state index contributed by atoms with van der Waals surface area (Å²) in [5.74, 6) is 3.05. The van der Waals surface area contributed by atoms with Crippen LogP contribution in [0.25, 0.3) is 16.7 Å². The molecule has 1 aromatic carbocycles. The molecule has 4 heterocycles. The van der Waals surface area contributed by atoms with E-state index in [1.807, 2.05) is 31.6 Å². The first-order valence-corrected chi connectivity index (χ1v) is 12.9. The lowest BCUT2D eigenvalue weighted by molar-refractivity contribution is 0.403. The molecule has 4 aromatic rings. The Labute approximate surface area is 207 Å². The van der Waals surface area contributed by atoms with Gasteiger partial charge in [-0.2, -0.15) is 19.6 Å². The van der Waals surface area contributed by atoms with Gasteiger partial charge < -0.3 is 20.1 Å². The Bertz CT molecular complexity index is 1310. The van der Waals surface area contributed by atoms with Gasteiger partial charge in [-0.3, -0.25) is 0 Å². The number of anilines is 2. The number of rotatable bonds is 5. The molecule has 1 saturated carbocycles. The van der Waals surface area contributed by atoms with E-state index in [4.69, 9.17) is 20.1 Å². The third-order valence-electron chi connectivity index (χ3n) is 6.64. The first-order chi connectivity index (χ1) is 16.9. The number of imidazole rings is 1. The molecule has 2 atom stereocenters. The summed E-state index contributed by atoms with van der Waals surface area (Å²) in [5, 5.41) is 8.30. The predicted octanol–water partition coefficient (Wildman–Crippen LogP) is 4.04. The molecule has 2 aliphatic rings. The molecular weight excluding hydrogens is 438 g/mol. The predicted molar refractivity (Wildman–Crippen MR) is 141 cm³/mol. The van der Waals surface area contributed by atoms with Crippen LogP contribution in [0.2, 0.25) is 0 Å². The van der Waals surface area contributed by atoms with Crippen LogP contribution in [0.1, 0.15) is 63.4 Å². The summed E-state index contributed by atoms with van der Waals surface area (Å²) in [6, 6.07) is 7.07. The molecule has 2 fully saturated rings. The molecule has 2 N–H and O–H groups in total. The zero-order valence-electron chi connectivity index (χ0n) is 21.7. The number of benzene rings is 1. The highest BCUT2D eigenvalue weighted by molar-refractivity contribution is 5.75. The number of aromatic nitrogens is 6. The first-order valence-electron chi connectivity index (χ1n) is 12.9. The topological polar surface area (TPSA) is 90.3 Å². The van der Waals surface area contributed by atoms with E-state index in [0.717, 1.165) is 47.5 Å². The smallest absolute Gasteiger partial charge is 0.232 e. The van der Waals surface area contributed by atoms with E-state index >= 15 is 0 Å². The number of hydrogen-bond donors (Lipinski definition) is 2. The fourth-order valence-electron chi connectivity index (χ4n) is 4.98. The molecule has 0 spiro atoms. The maximum Gasteiger partial charge on any atom is 0.232 e. The van der Waals surface area contributed by atoms with Crippen LogP contribution in [0.4, 0.5) is 11.9 Å². The zero-order valence-corrected chi connectivity index (χ0v) is 21.7. The van der Waals surface area contributed by atoms with Crippen molar-refractivity contribution in [2.75, 3.05) is 29.9 Å². The summed E-state index contributed by atoms with van der Waals surface area (Å²) in [7, 11) is 2.05. The Balaban J connectivity index is 0.00000124. The molecule has 3 aromatic heterocycles. The Morgan fingerprint density at radius 3 is 2.51 bits per heavy atom. The molecule has 2 unspecified atom stereocenters. The average molecular weight is 476 g/mol. The number of aromatic amines is 1. The molecule has 1 aliphatic carbocycles. The maximum absolute atomic E-state index is 5.02. The van der Waals surface area contributed by atoms with Crippen LogP contribution in [-0.2, 0) is 6.54 Å². The van der Waals surface area contributed by atoms with Crippen LogP contribution in [0.15, 0.2) is 24.4 Å². The van der Waals surface area contributed by atoms with Crippen molar-refractivity contribution in [2.24, 2.45) is 0 Å². The minimum atomic E-state index is 0.390. The largest absolute Gasteiger partial charge is 0.340 e. The third-order valence-corrected chi connectivity index (χ3v) is 6.64. The highest BCUT2D eigenvalue weighted by Gasteiger charge is 2.30. The summed E-state index contributed by atoms with van der Waals surface area (Å²) in [6.45, 7) is 12.9. The molecule has 35 heavy (non-hydrogen) atoms. The number of nitrogens with one attached hydrogen (secondary N) is 2. The van der Waals surface area contributed by atoms with Gasteiger partial charge in [0.25, 0.3) is 0 Å². The van der Waals surface area contributed by atoms with Crippen LogP contribution in [0.3, 0.4) is 0 Å². The van der Waals surface area contributed by atoms with Crippen molar-refractivity contribution in [3.63, 3.8) is 0 Å². The summed E-state index contributed by atoms with van der Waals surface area (Å²) in [4.78, 5) is 22.7. The number of aryl methyl sites for hydroxylation is 1. The van der Waals surface area contributed by atoms with E-state index in [-0.39, 0.29) is 0 Å². The standard InChI is InChI=1S/C24H31N9.C2H6/c1-14-5-8-19-20(9-14)28-21(27-19)13-31(4)24-30-23(32-11-15(2)26-16(3)12-32)29-22-18(17-6-7-17)10-25-33(22)24;1-2/h5,8-10,15-17,26H,6-7,11-13H2,1-4H3,(H,27,28);1-2H3. The number of fused-ring (bicyclic) bond motifs is 2. The molecule has 9 nitrogen and oxygen atoms in total. The Hall–Kier alpha value is -3.20. The van der Waals surface area contributed by atoms with E-state index in [9.17, 15) is 0 Å². The van der Waals surface area contributed by atoms with Crippen molar-refractivity contribution in [2.45, 2.75) is 72.0 Å². The maximum atomic E-state index is 5.02. The molecule has 0 bridgehead atoms. The second kappa shape index (κ2) is 9.45. The van der Waals surface area contributed by atoms with Gasteiger partial charge in [0.2, 0.25) is 11.9 Å². The highest BCUT2D eigenvalue weighted by Crippen LogP contribution is 2.42. The normalized spacial score (nSPS) is 20.2. The van der Waals surface area contributed by atoms with Crippen LogP contribution in [0, 0.1) is 6.92 Å². The van der Waals surface area contributed by atoms with Gasteiger partial charge in [0.1, 0.15) is 5.82 Å². The fraction of sp³-hybridized carbons (Fsp3) is 0.538. The van der Waals surface area contributed by atoms with Crippen LogP contribution >= 0.6 is 0 Å². The Morgan fingerprint density at radius 1 is 1.06 bits per heavy atom. The molecular formula is C26H37N9. The summed E-state index contributed by atoms with van der Waals surface area (Å²) in [5.41, 5.74) is 5.44. The number of piperazine rings is 1. The highest BCUT2D eigenvalue weighted by atomic mass is 15.4. The minimum absolute atomic E-state index is 0.390. The van der Waals surface area contributed by atoms with Gasteiger partial charge in [-0.1, -0.05) is 19.9 Å². The van der Waals surface area contributed by atoms with Crippen molar-refractivity contribution in [1.29, 1.82) is 0 Å². The molecule has 0 radical (unpaired) electrons. The van der Waals surface area contributed by atoms with E-state index in [0.29, 0.717) is 24.5 Å². The second-order valence-electron chi connectivity index (χ2n) is 9.87. The molecule has 6 rings (SSSR count). The average Bonchev–Trinajstić information content (AvgIpc) is 3.46. The summed E-state index contributed by atoms with van der Waals surface area (Å²) in [6.07, 6.45) is 4.41. The summed E-state index contributed by atoms with van der Waals surface area (Å²) >= 11 is 0. The number of nitrogens with zero attached hydrogens (tertiary/aromatic N) is 7. The molecule has 1 aliphatic heterocycles. The van der Waals surface area contributed by atoms with Gasteiger partial charge in [-0.15, -0.1) is 0 Å². The lowest BCUT2D eigenvalue weighted by Crippen LogP contribution is -2.54. The van der Waals surface area contributed by atoms with Crippen LogP contribution in [-0.4, -0.2) is 61.8 Å². The number of hydrogen-bond acceptors (Lipinski definition) is 7. The quantitative estimate of drug-likeness (QED) is 0.450.